The zero-order valence-corrected chi connectivity index (χ0v) is 10.7. The third kappa shape index (κ3) is 2.56. The van der Waals surface area contributed by atoms with Gasteiger partial charge in [0.05, 0.1) is 6.04 Å². The van der Waals surface area contributed by atoms with Gasteiger partial charge >= 0.3 is 0 Å². The molecule has 1 heterocycles. The van der Waals surface area contributed by atoms with Crippen LogP contribution in [-0.2, 0) is 0 Å². The number of likely N-dealkylation sites (N-methyl/N-ethyl adjacent to an activating group) is 1. The molecule has 2 rings (SSSR count). The van der Waals surface area contributed by atoms with Crippen LogP contribution in [0.15, 0.2) is 36.2 Å². The zero-order valence-electron chi connectivity index (χ0n) is 9.87. The predicted octanol–water partition coefficient (Wildman–Crippen LogP) is 3.86. The van der Waals surface area contributed by atoms with E-state index in [0.717, 1.165) is 17.7 Å². The summed E-state index contributed by atoms with van der Waals surface area (Å²) < 4.78 is 14.1. The SMILES string of the molecule is C=C(c1ccc2ccsc2c1)C(CF)NCC. The maximum Gasteiger partial charge on any atom is 0.109 e. The van der Waals surface area contributed by atoms with Crippen LogP contribution in [0, 0.1) is 0 Å². The highest BCUT2D eigenvalue weighted by molar-refractivity contribution is 7.17. The normalized spacial score (nSPS) is 12.8. The van der Waals surface area contributed by atoms with Crippen LogP contribution in [0.25, 0.3) is 15.7 Å². The van der Waals surface area contributed by atoms with Gasteiger partial charge in [0, 0.05) is 4.70 Å². The summed E-state index contributed by atoms with van der Waals surface area (Å²) >= 11 is 1.70. The van der Waals surface area contributed by atoms with Crippen LogP contribution < -0.4 is 5.32 Å². The Kier molecular flexibility index (Phi) is 3.92. The summed E-state index contributed by atoms with van der Waals surface area (Å²) in [5, 5.41) is 6.39. The lowest BCUT2D eigenvalue weighted by molar-refractivity contribution is 0.429. The van der Waals surface area contributed by atoms with Gasteiger partial charge in [0.15, 0.2) is 0 Å². The number of halogens is 1. The Morgan fingerprint density at radius 2 is 2.29 bits per heavy atom. The van der Waals surface area contributed by atoms with Crippen molar-refractivity contribution >= 4 is 27.0 Å². The van der Waals surface area contributed by atoms with Gasteiger partial charge in [-0.3, -0.25) is 0 Å². The van der Waals surface area contributed by atoms with Crippen LogP contribution in [0.3, 0.4) is 0 Å². The third-order valence-corrected chi connectivity index (χ3v) is 3.73. The minimum absolute atomic E-state index is 0.280. The lowest BCUT2D eigenvalue weighted by atomic mass is 10.0. The van der Waals surface area contributed by atoms with Crippen molar-refractivity contribution in [3.63, 3.8) is 0 Å². The first kappa shape index (κ1) is 12.3. The molecule has 0 spiro atoms. The van der Waals surface area contributed by atoms with Crippen molar-refractivity contribution in [2.45, 2.75) is 13.0 Å². The highest BCUT2D eigenvalue weighted by Gasteiger charge is 2.13. The second-order valence-electron chi connectivity index (χ2n) is 3.96. The van der Waals surface area contributed by atoms with E-state index in [0.29, 0.717) is 0 Å². The molecule has 1 N–H and O–H groups in total. The monoisotopic (exact) mass is 249 g/mol. The number of hydrogen-bond acceptors (Lipinski definition) is 2. The smallest absolute Gasteiger partial charge is 0.109 e. The van der Waals surface area contributed by atoms with Crippen LogP contribution in [-0.4, -0.2) is 19.3 Å². The minimum Gasteiger partial charge on any atom is -0.308 e. The Morgan fingerprint density at radius 3 is 3.00 bits per heavy atom. The van der Waals surface area contributed by atoms with Gasteiger partial charge < -0.3 is 5.32 Å². The maximum absolute atomic E-state index is 12.9. The molecule has 1 aromatic carbocycles. The molecule has 0 aliphatic carbocycles. The first-order chi connectivity index (χ1) is 8.26. The predicted molar refractivity (Wildman–Crippen MR) is 74.3 cm³/mol. The van der Waals surface area contributed by atoms with Crippen molar-refractivity contribution in [3.05, 3.63) is 41.8 Å². The van der Waals surface area contributed by atoms with E-state index in [1.807, 2.05) is 13.0 Å². The second kappa shape index (κ2) is 5.43. The average molecular weight is 249 g/mol. The number of fused-ring (bicyclic) bond motifs is 1. The van der Waals surface area contributed by atoms with Gasteiger partial charge in [0.2, 0.25) is 0 Å². The number of benzene rings is 1. The van der Waals surface area contributed by atoms with Gasteiger partial charge in [-0.1, -0.05) is 25.6 Å². The van der Waals surface area contributed by atoms with Gasteiger partial charge in [0.25, 0.3) is 0 Å². The summed E-state index contributed by atoms with van der Waals surface area (Å²) in [5.74, 6) is 0. The van der Waals surface area contributed by atoms with E-state index in [1.165, 1.54) is 10.1 Å². The van der Waals surface area contributed by atoms with Crippen molar-refractivity contribution in [3.8, 4) is 0 Å². The molecular weight excluding hydrogens is 233 g/mol. The van der Waals surface area contributed by atoms with Crippen LogP contribution in [0.1, 0.15) is 12.5 Å². The molecule has 3 heteroatoms. The summed E-state index contributed by atoms with van der Waals surface area (Å²) in [6.07, 6.45) is 0. The largest absolute Gasteiger partial charge is 0.308 e. The summed E-state index contributed by atoms with van der Waals surface area (Å²) in [5.41, 5.74) is 1.84. The Balaban J connectivity index is 2.28. The molecule has 1 aromatic heterocycles. The number of hydrogen-bond donors (Lipinski definition) is 1. The topological polar surface area (TPSA) is 12.0 Å². The van der Waals surface area contributed by atoms with Gasteiger partial charge in [0.1, 0.15) is 6.67 Å². The van der Waals surface area contributed by atoms with E-state index >= 15 is 0 Å². The van der Waals surface area contributed by atoms with Gasteiger partial charge in [-0.2, -0.15) is 0 Å². The quantitative estimate of drug-likeness (QED) is 0.848. The Bertz CT molecular complexity index is 518. The number of nitrogens with one attached hydrogen (secondary N) is 1. The van der Waals surface area contributed by atoms with E-state index in [2.05, 4.69) is 35.5 Å². The Labute approximate surface area is 105 Å². The van der Waals surface area contributed by atoms with Crippen molar-refractivity contribution in [2.24, 2.45) is 0 Å². The van der Waals surface area contributed by atoms with Gasteiger partial charge in [-0.25, -0.2) is 4.39 Å². The van der Waals surface area contributed by atoms with E-state index < -0.39 is 6.67 Å². The number of rotatable bonds is 5. The highest BCUT2D eigenvalue weighted by Crippen LogP contribution is 2.26. The first-order valence-corrected chi connectivity index (χ1v) is 6.60. The highest BCUT2D eigenvalue weighted by atomic mass is 32.1. The molecule has 1 unspecified atom stereocenters. The van der Waals surface area contributed by atoms with Gasteiger partial charge in [-0.05, 0) is 40.6 Å². The zero-order chi connectivity index (χ0) is 12.3. The van der Waals surface area contributed by atoms with E-state index in [9.17, 15) is 4.39 Å². The number of alkyl halides is 1. The number of thiophene rings is 1. The van der Waals surface area contributed by atoms with Crippen LogP contribution in [0.4, 0.5) is 4.39 Å². The van der Waals surface area contributed by atoms with Gasteiger partial charge in [-0.15, -0.1) is 11.3 Å². The molecule has 0 fully saturated rings. The molecule has 0 amide bonds. The van der Waals surface area contributed by atoms with Crippen molar-refractivity contribution in [1.82, 2.24) is 5.32 Å². The standard InChI is InChI=1S/C14H16FNS/c1-3-16-13(9-15)10(2)12-5-4-11-6-7-17-14(11)8-12/h4-8,13,16H,2-3,9H2,1H3. The Morgan fingerprint density at radius 1 is 1.47 bits per heavy atom. The molecule has 1 nitrogen and oxygen atoms in total. The van der Waals surface area contributed by atoms with Crippen molar-refractivity contribution in [1.29, 1.82) is 0 Å². The fraction of sp³-hybridized carbons (Fsp3) is 0.286. The summed E-state index contributed by atoms with van der Waals surface area (Å²) in [7, 11) is 0. The Hall–Kier alpha value is -1.19. The molecule has 0 bridgehead atoms. The molecule has 0 saturated heterocycles. The molecular formula is C14H16FNS. The molecule has 2 aromatic rings. The first-order valence-electron chi connectivity index (χ1n) is 5.72. The fourth-order valence-corrected chi connectivity index (χ4v) is 2.70. The molecule has 90 valence electrons. The van der Waals surface area contributed by atoms with Crippen LogP contribution in [0.2, 0.25) is 0 Å². The fourth-order valence-electron chi connectivity index (χ4n) is 1.87. The maximum atomic E-state index is 12.9. The van der Waals surface area contributed by atoms with Crippen LogP contribution >= 0.6 is 11.3 Å². The van der Waals surface area contributed by atoms with E-state index in [4.69, 9.17) is 0 Å². The van der Waals surface area contributed by atoms with Crippen molar-refractivity contribution < 1.29 is 4.39 Å². The average Bonchev–Trinajstić information content (AvgIpc) is 2.82. The van der Waals surface area contributed by atoms with Crippen LogP contribution in [0.5, 0.6) is 0 Å². The second-order valence-corrected chi connectivity index (χ2v) is 4.91. The molecule has 0 aliphatic heterocycles. The van der Waals surface area contributed by atoms with Crippen molar-refractivity contribution in [2.75, 3.05) is 13.2 Å². The molecule has 1 atom stereocenters. The molecule has 17 heavy (non-hydrogen) atoms. The third-order valence-electron chi connectivity index (χ3n) is 2.85. The summed E-state index contributed by atoms with van der Waals surface area (Å²) in [4.78, 5) is 0. The summed E-state index contributed by atoms with van der Waals surface area (Å²) in [6, 6.07) is 7.97. The van der Waals surface area contributed by atoms with E-state index in [-0.39, 0.29) is 6.04 Å². The minimum atomic E-state index is -0.421. The molecule has 0 saturated carbocycles. The molecule has 0 aliphatic rings. The lowest BCUT2D eigenvalue weighted by Gasteiger charge is -2.17. The lowest BCUT2D eigenvalue weighted by Crippen LogP contribution is -2.31. The summed E-state index contributed by atoms with van der Waals surface area (Å²) in [6.45, 7) is 6.30. The molecule has 0 radical (unpaired) electrons. The van der Waals surface area contributed by atoms with E-state index in [1.54, 1.807) is 11.3 Å².